The van der Waals surface area contributed by atoms with E-state index in [9.17, 15) is 14.7 Å². The number of aliphatic hydroxyl groups excluding tert-OH is 5. The Morgan fingerprint density at radius 2 is 1.93 bits per heavy atom. The molecule has 0 bridgehead atoms. The summed E-state index contributed by atoms with van der Waals surface area (Å²) in [5.41, 5.74) is 5.71. The monoisotopic (exact) mass is 430 g/mol. The van der Waals surface area contributed by atoms with E-state index < -0.39 is 42.4 Å². The molecule has 1 aliphatic rings. The van der Waals surface area contributed by atoms with Gasteiger partial charge in [-0.1, -0.05) is 0 Å². The summed E-state index contributed by atoms with van der Waals surface area (Å²) in [6, 6.07) is 5.09. The second kappa shape index (κ2) is 11.8. The Bertz CT molecular complexity index is 767. The number of hydrogen-bond acceptors (Lipinski definition) is 11. The van der Waals surface area contributed by atoms with Crippen molar-refractivity contribution in [2.45, 2.75) is 18.3 Å². The molecule has 1 amide bonds. The van der Waals surface area contributed by atoms with Gasteiger partial charge in [0.1, 0.15) is 17.6 Å². The highest BCUT2D eigenvalue weighted by atomic mass is 16.6. The number of aliphatic hydroxyl groups is 5. The molecule has 3 atom stereocenters. The summed E-state index contributed by atoms with van der Waals surface area (Å²) in [7, 11) is 3.05. The van der Waals surface area contributed by atoms with E-state index in [1.807, 2.05) is 0 Å². The van der Waals surface area contributed by atoms with Crippen LogP contribution in [0.4, 0.5) is 0 Å². The summed E-state index contributed by atoms with van der Waals surface area (Å²) >= 11 is 0. The second-order valence-electron chi connectivity index (χ2n) is 5.94. The molecular weight excluding hydrogens is 404 g/mol. The Hall–Kier alpha value is -3.06. The van der Waals surface area contributed by atoms with Gasteiger partial charge in [0.05, 0.1) is 33.5 Å². The SMILES string of the molecule is COc1ccc(OC)c(C(O)CNC(=O)CN)c1.O=C1O[C@H]([C@@H](O)CO)C(O)=C1O. The van der Waals surface area contributed by atoms with Gasteiger partial charge in [0.25, 0.3) is 0 Å². The number of benzene rings is 1. The minimum Gasteiger partial charge on any atom is -0.505 e. The molecule has 1 heterocycles. The molecule has 8 N–H and O–H groups in total. The maximum atomic E-state index is 11.0. The number of esters is 1. The third kappa shape index (κ3) is 6.49. The summed E-state index contributed by atoms with van der Waals surface area (Å²) in [4.78, 5) is 21.6. The lowest BCUT2D eigenvalue weighted by Crippen LogP contribution is -2.33. The summed E-state index contributed by atoms with van der Waals surface area (Å²) < 4.78 is 14.5. The van der Waals surface area contributed by atoms with E-state index in [-0.39, 0.29) is 19.0 Å². The molecule has 1 aromatic carbocycles. The zero-order chi connectivity index (χ0) is 22.8. The first-order valence-corrected chi connectivity index (χ1v) is 8.68. The number of amides is 1. The lowest BCUT2D eigenvalue weighted by atomic mass is 10.1. The van der Waals surface area contributed by atoms with Gasteiger partial charge in [-0.25, -0.2) is 4.79 Å². The van der Waals surface area contributed by atoms with Gasteiger partial charge in [0, 0.05) is 12.1 Å². The zero-order valence-electron chi connectivity index (χ0n) is 16.4. The molecule has 1 aliphatic heterocycles. The van der Waals surface area contributed by atoms with Crippen LogP contribution < -0.4 is 20.5 Å². The van der Waals surface area contributed by atoms with Crippen molar-refractivity contribution in [3.63, 3.8) is 0 Å². The van der Waals surface area contributed by atoms with Gasteiger partial charge >= 0.3 is 5.97 Å². The topological polar surface area (TPSA) is 201 Å². The predicted octanol–water partition coefficient (Wildman–Crippen LogP) is -1.60. The molecular formula is C18H26N2O10. The largest absolute Gasteiger partial charge is 0.505 e. The van der Waals surface area contributed by atoms with Gasteiger partial charge in [0.2, 0.25) is 11.7 Å². The maximum absolute atomic E-state index is 11.0. The molecule has 12 heteroatoms. The first kappa shape index (κ1) is 25.0. The highest BCUT2D eigenvalue weighted by molar-refractivity contribution is 5.89. The molecule has 2 rings (SSSR count). The van der Waals surface area contributed by atoms with Crippen LogP contribution in [-0.2, 0) is 14.3 Å². The van der Waals surface area contributed by atoms with Gasteiger partial charge in [0.15, 0.2) is 11.9 Å². The quantitative estimate of drug-likeness (QED) is 0.234. The smallest absolute Gasteiger partial charge is 0.377 e. The minimum atomic E-state index is -1.42. The lowest BCUT2D eigenvalue weighted by Gasteiger charge is -2.16. The molecule has 168 valence electrons. The molecule has 0 saturated carbocycles. The van der Waals surface area contributed by atoms with Crippen LogP contribution in [-0.4, -0.2) is 83.5 Å². The standard InChI is InChI=1S/C12H18N2O4.C6H8O6/c1-17-8-3-4-11(18-2)9(5-8)10(15)7-14-12(16)6-13;7-1-2(8)5-3(9)4(10)6(11)12-5/h3-5,10,15H,6-7,13H2,1-2H3,(H,14,16);2,5,7-10H,1H2/t;2-,5+/m.0/s1. The fourth-order valence-electron chi connectivity index (χ4n) is 2.32. The average Bonchev–Trinajstić information content (AvgIpc) is 3.03. The van der Waals surface area contributed by atoms with Crippen LogP contribution >= 0.6 is 0 Å². The number of carbonyl (C=O) groups excluding carboxylic acids is 2. The molecule has 30 heavy (non-hydrogen) atoms. The molecule has 1 unspecified atom stereocenters. The van der Waals surface area contributed by atoms with Crippen molar-refractivity contribution >= 4 is 11.9 Å². The van der Waals surface area contributed by atoms with Gasteiger partial charge < -0.3 is 50.8 Å². The van der Waals surface area contributed by atoms with Gasteiger partial charge in [-0.05, 0) is 18.2 Å². The lowest BCUT2D eigenvalue weighted by molar-refractivity contribution is -0.147. The number of methoxy groups -OCH3 is 2. The maximum Gasteiger partial charge on any atom is 0.377 e. The van der Waals surface area contributed by atoms with E-state index in [0.717, 1.165) is 0 Å². The van der Waals surface area contributed by atoms with Crippen molar-refractivity contribution in [3.05, 3.63) is 35.3 Å². The van der Waals surface area contributed by atoms with Crippen molar-refractivity contribution in [1.82, 2.24) is 5.32 Å². The molecule has 0 fully saturated rings. The summed E-state index contributed by atoms with van der Waals surface area (Å²) in [5.74, 6) is -1.96. The fourth-order valence-corrected chi connectivity index (χ4v) is 2.32. The fraction of sp³-hybridized carbons (Fsp3) is 0.444. The Balaban J connectivity index is 0.000000325. The highest BCUT2D eigenvalue weighted by Gasteiger charge is 2.38. The average molecular weight is 430 g/mol. The predicted molar refractivity (Wildman–Crippen MR) is 102 cm³/mol. The van der Waals surface area contributed by atoms with Gasteiger partial charge in [-0.15, -0.1) is 0 Å². The Kier molecular flexibility index (Phi) is 9.84. The van der Waals surface area contributed by atoms with Crippen molar-refractivity contribution in [2.75, 3.05) is 33.9 Å². The van der Waals surface area contributed by atoms with Crippen LogP contribution in [0.1, 0.15) is 11.7 Å². The number of carbonyl (C=O) groups is 2. The minimum absolute atomic E-state index is 0.0690. The molecule has 0 radical (unpaired) electrons. The number of hydrogen-bond donors (Lipinski definition) is 7. The summed E-state index contributed by atoms with van der Waals surface area (Å²) in [6.07, 6.45) is -3.66. The highest BCUT2D eigenvalue weighted by Crippen LogP contribution is 2.29. The molecule has 12 nitrogen and oxygen atoms in total. The third-order valence-corrected chi connectivity index (χ3v) is 3.95. The van der Waals surface area contributed by atoms with Crippen molar-refractivity contribution in [1.29, 1.82) is 0 Å². The summed E-state index contributed by atoms with van der Waals surface area (Å²) in [5, 5.41) is 47.6. The Labute approximate surface area is 172 Å². The number of nitrogens with two attached hydrogens (primary N) is 1. The number of ether oxygens (including phenoxy) is 3. The Morgan fingerprint density at radius 1 is 1.27 bits per heavy atom. The number of rotatable bonds is 8. The van der Waals surface area contributed by atoms with Crippen LogP contribution in [0.2, 0.25) is 0 Å². The van der Waals surface area contributed by atoms with Crippen LogP contribution in [0.25, 0.3) is 0 Å². The van der Waals surface area contributed by atoms with Crippen molar-refractivity contribution in [2.24, 2.45) is 5.73 Å². The van der Waals surface area contributed by atoms with E-state index in [0.29, 0.717) is 17.1 Å². The van der Waals surface area contributed by atoms with Crippen molar-refractivity contribution in [3.8, 4) is 11.5 Å². The van der Waals surface area contributed by atoms with Crippen LogP contribution in [0.5, 0.6) is 11.5 Å². The number of cyclic esters (lactones) is 1. The van der Waals surface area contributed by atoms with Crippen LogP contribution in [0, 0.1) is 0 Å². The summed E-state index contributed by atoms with van der Waals surface area (Å²) in [6.45, 7) is -0.711. The van der Waals surface area contributed by atoms with Gasteiger partial charge in [-0.2, -0.15) is 0 Å². The van der Waals surface area contributed by atoms with E-state index in [1.165, 1.54) is 14.2 Å². The van der Waals surface area contributed by atoms with E-state index in [2.05, 4.69) is 10.1 Å². The first-order valence-electron chi connectivity index (χ1n) is 8.68. The molecule has 0 spiro atoms. The van der Waals surface area contributed by atoms with E-state index >= 15 is 0 Å². The van der Waals surface area contributed by atoms with E-state index in [1.54, 1.807) is 18.2 Å². The molecule has 1 aromatic rings. The normalized spacial score (nSPS) is 17.4. The Morgan fingerprint density at radius 3 is 2.40 bits per heavy atom. The van der Waals surface area contributed by atoms with E-state index in [4.69, 9.17) is 35.6 Å². The molecule has 0 aromatic heterocycles. The molecule has 0 aliphatic carbocycles. The van der Waals surface area contributed by atoms with Crippen LogP contribution in [0.15, 0.2) is 29.7 Å². The van der Waals surface area contributed by atoms with Crippen molar-refractivity contribution < 1.29 is 49.3 Å². The third-order valence-electron chi connectivity index (χ3n) is 3.95. The van der Waals surface area contributed by atoms with Crippen LogP contribution in [0.3, 0.4) is 0 Å². The first-order chi connectivity index (χ1) is 14.2. The second-order valence-corrected chi connectivity index (χ2v) is 5.94. The molecule has 0 saturated heterocycles. The van der Waals surface area contributed by atoms with Gasteiger partial charge in [-0.3, -0.25) is 4.79 Å². The number of nitrogens with one attached hydrogen (secondary N) is 1. The zero-order valence-corrected chi connectivity index (χ0v) is 16.4.